The van der Waals surface area contributed by atoms with Crippen molar-refractivity contribution < 1.29 is 4.79 Å². The number of aromatic nitrogens is 4. The van der Waals surface area contributed by atoms with E-state index in [4.69, 9.17) is 0 Å². The summed E-state index contributed by atoms with van der Waals surface area (Å²) in [4.78, 5) is 19.5. The predicted octanol–water partition coefficient (Wildman–Crippen LogP) is 2.73. The summed E-state index contributed by atoms with van der Waals surface area (Å²) in [6.45, 7) is 1.53. The van der Waals surface area contributed by atoms with Crippen LogP contribution in [0, 0.1) is 0 Å². The SMILES string of the molecule is O=C(c1n[nH]c2c1CCC2)N1CCCC(n2cnc3ccccc32)C1. The third-order valence-electron chi connectivity index (χ3n) is 5.57. The number of carbonyl (C=O) groups excluding carboxylic acids is 1. The maximum absolute atomic E-state index is 13.0. The number of nitrogens with one attached hydrogen (secondary N) is 1. The molecule has 1 aromatic carbocycles. The van der Waals surface area contributed by atoms with Crippen LogP contribution >= 0.6 is 0 Å². The maximum atomic E-state index is 13.0. The topological polar surface area (TPSA) is 66.8 Å². The fourth-order valence-electron chi connectivity index (χ4n) is 4.28. The van der Waals surface area contributed by atoms with Gasteiger partial charge in [0.2, 0.25) is 0 Å². The van der Waals surface area contributed by atoms with E-state index in [1.807, 2.05) is 29.4 Å². The molecule has 128 valence electrons. The third kappa shape index (κ3) is 2.35. The van der Waals surface area contributed by atoms with Crippen molar-refractivity contribution in [2.45, 2.75) is 38.1 Å². The standard InChI is InChI=1S/C19H21N5O/c25-19(18-14-6-3-8-15(14)21-22-18)23-10-4-5-13(11-23)24-12-20-16-7-1-2-9-17(16)24/h1-2,7,9,12-13H,3-6,8,10-11H2,(H,21,22). The van der Waals surface area contributed by atoms with E-state index >= 15 is 0 Å². The second-order valence-electron chi connectivity index (χ2n) is 7.07. The fraction of sp³-hybridized carbons (Fsp3) is 0.421. The van der Waals surface area contributed by atoms with Crippen LogP contribution in [0.25, 0.3) is 11.0 Å². The Morgan fingerprint density at radius 1 is 1.20 bits per heavy atom. The number of likely N-dealkylation sites (tertiary alicyclic amines) is 1. The number of amides is 1. The molecule has 1 aliphatic carbocycles. The molecule has 0 spiro atoms. The highest BCUT2D eigenvalue weighted by Gasteiger charge is 2.30. The molecule has 1 fully saturated rings. The predicted molar refractivity (Wildman–Crippen MR) is 94.5 cm³/mol. The first-order valence-corrected chi connectivity index (χ1v) is 9.08. The van der Waals surface area contributed by atoms with Gasteiger partial charge >= 0.3 is 0 Å². The Hall–Kier alpha value is -2.63. The molecule has 2 aliphatic rings. The van der Waals surface area contributed by atoms with Crippen molar-refractivity contribution >= 4 is 16.9 Å². The van der Waals surface area contributed by atoms with Gasteiger partial charge in [-0.3, -0.25) is 9.89 Å². The minimum absolute atomic E-state index is 0.0773. The summed E-state index contributed by atoms with van der Waals surface area (Å²) >= 11 is 0. The molecule has 2 aromatic heterocycles. The van der Waals surface area contributed by atoms with E-state index in [0.717, 1.165) is 67.5 Å². The van der Waals surface area contributed by atoms with Gasteiger partial charge in [0.1, 0.15) is 0 Å². The van der Waals surface area contributed by atoms with Crippen LogP contribution in [0.4, 0.5) is 0 Å². The van der Waals surface area contributed by atoms with Crippen molar-refractivity contribution in [3.05, 3.63) is 47.5 Å². The highest BCUT2D eigenvalue weighted by atomic mass is 16.2. The van der Waals surface area contributed by atoms with Gasteiger partial charge in [-0.15, -0.1) is 0 Å². The highest BCUT2D eigenvalue weighted by Crippen LogP contribution is 2.28. The Morgan fingerprint density at radius 3 is 3.08 bits per heavy atom. The van der Waals surface area contributed by atoms with E-state index in [1.54, 1.807) is 0 Å². The first-order valence-electron chi connectivity index (χ1n) is 9.08. The van der Waals surface area contributed by atoms with Gasteiger partial charge in [-0.1, -0.05) is 12.1 Å². The Labute approximate surface area is 145 Å². The van der Waals surface area contributed by atoms with Crippen molar-refractivity contribution in [1.82, 2.24) is 24.6 Å². The van der Waals surface area contributed by atoms with Crippen molar-refractivity contribution in [2.24, 2.45) is 0 Å². The number of hydrogen-bond donors (Lipinski definition) is 1. The molecule has 3 heterocycles. The highest BCUT2D eigenvalue weighted by molar-refractivity contribution is 5.94. The van der Waals surface area contributed by atoms with E-state index in [0.29, 0.717) is 5.69 Å². The smallest absolute Gasteiger partial charge is 0.274 e. The molecule has 1 saturated heterocycles. The number of imidazole rings is 1. The number of hydrogen-bond acceptors (Lipinski definition) is 3. The summed E-state index contributed by atoms with van der Waals surface area (Å²) in [5.74, 6) is 0.0773. The van der Waals surface area contributed by atoms with Crippen LogP contribution in [-0.4, -0.2) is 43.6 Å². The van der Waals surface area contributed by atoms with Gasteiger partial charge in [0.25, 0.3) is 5.91 Å². The molecular weight excluding hydrogens is 314 g/mol. The molecule has 1 aliphatic heterocycles. The van der Waals surface area contributed by atoms with Crippen LogP contribution in [0.5, 0.6) is 0 Å². The van der Waals surface area contributed by atoms with Crippen LogP contribution in [-0.2, 0) is 12.8 Å². The Morgan fingerprint density at radius 2 is 2.12 bits per heavy atom. The van der Waals surface area contributed by atoms with E-state index < -0.39 is 0 Å². The van der Waals surface area contributed by atoms with E-state index in [-0.39, 0.29) is 11.9 Å². The van der Waals surface area contributed by atoms with Gasteiger partial charge in [-0.05, 0) is 44.2 Å². The first-order chi connectivity index (χ1) is 12.3. The van der Waals surface area contributed by atoms with Crippen LogP contribution in [0.3, 0.4) is 0 Å². The molecular formula is C19H21N5O. The summed E-state index contributed by atoms with van der Waals surface area (Å²) in [5, 5.41) is 7.37. The summed E-state index contributed by atoms with van der Waals surface area (Å²) in [6, 6.07) is 8.46. The van der Waals surface area contributed by atoms with Crippen LogP contribution < -0.4 is 0 Å². The van der Waals surface area contributed by atoms with Gasteiger partial charge in [0.05, 0.1) is 23.4 Å². The molecule has 0 radical (unpaired) electrons. The Kier molecular flexibility index (Phi) is 3.36. The second kappa shape index (κ2) is 5.72. The molecule has 1 unspecified atom stereocenters. The Bertz CT molecular complexity index is 940. The monoisotopic (exact) mass is 335 g/mol. The van der Waals surface area contributed by atoms with Crippen molar-refractivity contribution in [2.75, 3.05) is 13.1 Å². The van der Waals surface area contributed by atoms with Crippen molar-refractivity contribution in [1.29, 1.82) is 0 Å². The fourth-order valence-corrected chi connectivity index (χ4v) is 4.28. The zero-order valence-corrected chi connectivity index (χ0v) is 14.1. The molecule has 6 nitrogen and oxygen atoms in total. The lowest BCUT2D eigenvalue weighted by Gasteiger charge is -2.33. The third-order valence-corrected chi connectivity index (χ3v) is 5.57. The van der Waals surface area contributed by atoms with Crippen LogP contribution in [0.2, 0.25) is 0 Å². The number of fused-ring (bicyclic) bond motifs is 2. The molecule has 0 saturated carbocycles. The average Bonchev–Trinajstić information content (AvgIpc) is 3.36. The second-order valence-corrected chi connectivity index (χ2v) is 7.07. The molecule has 0 bridgehead atoms. The van der Waals surface area contributed by atoms with Crippen molar-refractivity contribution in [3.63, 3.8) is 0 Å². The summed E-state index contributed by atoms with van der Waals surface area (Å²) in [6.07, 6.45) is 7.09. The van der Waals surface area contributed by atoms with Gasteiger partial charge in [0, 0.05) is 24.3 Å². The molecule has 1 amide bonds. The van der Waals surface area contributed by atoms with Crippen molar-refractivity contribution in [3.8, 4) is 0 Å². The zero-order valence-electron chi connectivity index (χ0n) is 14.1. The number of benzene rings is 1. The largest absolute Gasteiger partial charge is 0.335 e. The van der Waals surface area contributed by atoms with Crippen LogP contribution in [0.15, 0.2) is 30.6 Å². The lowest BCUT2D eigenvalue weighted by atomic mass is 10.0. The number of aromatic amines is 1. The Balaban J connectivity index is 1.41. The minimum atomic E-state index is 0.0773. The average molecular weight is 335 g/mol. The molecule has 1 N–H and O–H groups in total. The summed E-state index contributed by atoms with van der Waals surface area (Å²) in [5.41, 5.74) is 5.08. The van der Waals surface area contributed by atoms with Crippen LogP contribution in [0.1, 0.15) is 47.1 Å². The van der Waals surface area contributed by atoms with E-state index in [2.05, 4.69) is 25.8 Å². The van der Waals surface area contributed by atoms with Gasteiger partial charge in [-0.2, -0.15) is 5.10 Å². The number of rotatable bonds is 2. The summed E-state index contributed by atoms with van der Waals surface area (Å²) < 4.78 is 2.23. The number of aryl methyl sites for hydroxylation is 1. The van der Waals surface area contributed by atoms with E-state index in [1.165, 1.54) is 0 Å². The molecule has 1 atom stereocenters. The van der Waals surface area contributed by atoms with Gasteiger partial charge in [-0.25, -0.2) is 4.98 Å². The number of nitrogens with zero attached hydrogens (tertiary/aromatic N) is 4. The molecule has 3 aromatic rings. The quantitative estimate of drug-likeness (QED) is 0.783. The maximum Gasteiger partial charge on any atom is 0.274 e. The van der Waals surface area contributed by atoms with E-state index in [9.17, 15) is 4.79 Å². The van der Waals surface area contributed by atoms with Gasteiger partial charge < -0.3 is 9.47 Å². The first kappa shape index (κ1) is 14.7. The number of carbonyl (C=O) groups is 1. The zero-order chi connectivity index (χ0) is 16.8. The molecule has 6 heteroatoms. The summed E-state index contributed by atoms with van der Waals surface area (Å²) in [7, 11) is 0. The number of para-hydroxylation sites is 2. The number of piperidine rings is 1. The molecule has 25 heavy (non-hydrogen) atoms. The van der Waals surface area contributed by atoms with Gasteiger partial charge in [0.15, 0.2) is 5.69 Å². The molecule has 5 rings (SSSR count). The lowest BCUT2D eigenvalue weighted by Crippen LogP contribution is -2.41. The number of H-pyrrole nitrogens is 1. The minimum Gasteiger partial charge on any atom is -0.335 e. The normalized spacial score (nSPS) is 20.2. The lowest BCUT2D eigenvalue weighted by molar-refractivity contribution is 0.0674.